The molecule has 0 spiro atoms. The van der Waals surface area contributed by atoms with Crippen LogP contribution in [0.5, 0.6) is 5.75 Å². The number of amides is 3. The van der Waals surface area contributed by atoms with E-state index in [0.29, 0.717) is 23.7 Å². The van der Waals surface area contributed by atoms with Gasteiger partial charge in [-0.2, -0.15) is 0 Å². The van der Waals surface area contributed by atoms with Crippen LogP contribution >= 0.6 is 0 Å². The zero-order valence-corrected chi connectivity index (χ0v) is 19.4. The summed E-state index contributed by atoms with van der Waals surface area (Å²) in [5.74, 6) is -1.24. The largest absolute Gasteiger partial charge is 0.492 e. The number of hydroxylamine groups is 1. The number of nitrogens with zero attached hydrogens (tertiary/aromatic N) is 2. The fourth-order valence-electron chi connectivity index (χ4n) is 4.68. The van der Waals surface area contributed by atoms with E-state index in [1.54, 1.807) is 41.5 Å². The van der Waals surface area contributed by atoms with Crippen molar-refractivity contribution in [1.82, 2.24) is 0 Å². The zero-order valence-electron chi connectivity index (χ0n) is 19.4. The minimum atomic E-state index is -0.975. The molecule has 0 aromatic heterocycles. The van der Waals surface area contributed by atoms with E-state index in [1.807, 2.05) is 49.4 Å². The van der Waals surface area contributed by atoms with Gasteiger partial charge in [-0.05, 0) is 48.9 Å². The predicted molar refractivity (Wildman–Crippen MR) is 131 cm³/mol. The molecule has 2 saturated heterocycles. The van der Waals surface area contributed by atoms with E-state index < -0.39 is 24.0 Å². The van der Waals surface area contributed by atoms with Crippen LogP contribution < -0.4 is 20.0 Å². The molecule has 0 radical (unpaired) electrons. The maximum absolute atomic E-state index is 13.8. The van der Waals surface area contributed by atoms with Gasteiger partial charge in [-0.25, -0.2) is 9.96 Å². The standard InChI is InChI=1S/C27H25N3O5/c1-3-34-22-12-8-7-11-21(22)29-26(32)23-24(18-13-15-19(16-14-18)28-17(2)31)30(35-25(23)27(29)33)20-9-5-4-6-10-20/h4-16,23-25H,3H2,1-2H3,(H,28,31)/t23-,24+,25+/m0/s1. The summed E-state index contributed by atoms with van der Waals surface area (Å²) in [6.07, 6.45) is -0.975. The lowest BCUT2D eigenvalue weighted by Gasteiger charge is -2.29. The number of carbonyl (C=O) groups excluding carboxylic acids is 3. The molecule has 0 unspecified atom stereocenters. The summed E-state index contributed by atoms with van der Waals surface area (Å²) in [6, 6.07) is 23.1. The van der Waals surface area contributed by atoms with Crippen LogP contribution in [0.2, 0.25) is 0 Å². The molecule has 8 heteroatoms. The van der Waals surface area contributed by atoms with Gasteiger partial charge in [0.2, 0.25) is 11.8 Å². The second-order valence-electron chi connectivity index (χ2n) is 8.37. The lowest BCUT2D eigenvalue weighted by atomic mass is 9.90. The van der Waals surface area contributed by atoms with Gasteiger partial charge in [-0.15, -0.1) is 0 Å². The van der Waals surface area contributed by atoms with Crippen LogP contribution in [0.1, 0.15) is 25.5 Å². The Morgan fingerprint density at radius 1 is 0.943 bits per heavy atom. The first-order valence-corrected chi connectivity index (χ1v) is 11.5. The molecule has 35 heavy (non-hydrogen) atoms. The first-order chi connectivity index (χ1) is 17.0. The van der Waals surface area contributed by atoms with Crippen molar-refractivity contribution in [1.29, 1.82) is 0 Å². The number of para-hydroxylation sites is 3. The van der Waals surface area contributed by atoms with Crippen molar-refractivity contribution in [3.63, 3.8) is 0 Å². The highest BCUT2D eigenvalue weighted by Gasteiger charge is 2.60. The molecule has 0 bridgehead atoms. The van der Waals surface area contributed by atoms with E-state index in [0.717, 1.165) is 11.3 Å². The van der Waals surface area contributed by atoms with Crippen molar-refractivity contribution >= 4 is 34.8 Å². The summed E-state index contributed by atoms with van der Waals surface area (Å²) in [5.41, 5.74) is 2.58. The Labute approximate surface area is 203 Å². The first kappa shape index (κ1) is 22.6. The molecule has 3 aromatic rings. The van der Waals surface area contributed by atoms with Gasteiger partial charge in [0, 0.05) is 12.6 Å². The summed E-state index contributed by atoms with van der Waals surface area (Å²) in [6.45, 7) is 3.69. The molecule has 0 aliphatic carbocycles. The van der Waals surface area contributed by atoms with E-state index in [2.05, 4.69) is 5.32 Å². The normalized spacial score (nSPS) is 21.3. The van der Waals surface area contributed by atoms with Crippen molar-refractivity contribution in [2.45, 2.75) is 26.0 Å². The fraction of sp³-hybridized carbons (Fsp3) is 0.222. The average molecular weight is 472 g/mol. The van der Waals surface area contributed by atoms with Gasteiger partial charge in [0.05, 0.1) is 24.0 Å². The number of hydrogen-bond donors (Lipinski definition) is 1. The van der Waals surface area contributed by atoms with Gasteiger partial charge in [-0.1, -0.05) is 42.5 Å². The first-order valence-electron chi connectivity index (χ1n) is 11.5. The maximum atomic E-state index is 13.8. The van der Waals surface area contributed by atoms with Crippen molar-refractivity contribution in [3.05, 3.63) is 84.4 Å². The van der Waals surface area contributed by atoms with Crippen LogP contribution in [0, 0.1) is 5.92 Å². The van der Waals surface area contributed by atoms with Crippen LogP contribution in [0.15, 0.2) is 78.9 Å². The van der Waals surface area contributed by atoms with Crippen molar-refractivity contribution in [2.24, 2.45) is 5.92 Å². The van der Waals surface area contributed by atoms with Crippen LogP contribution in [-0.4, -0.2) is 30.4 Å². The highest BCUT2D eigenvalue weighted by atomic mass is 16.7. The number of carbonyl (C=O) groups is 3. The summed E-state index contributed by atoms with van der Waals surface area (Å²) >= 11 is 0. The molecule has 3 atom stereocenters. The van der Waals surface area contributed by atoms with E-state index in [-0.39, 0.29) is 11.8 Å². The van der Waals surface area contributed by atoms with Gasteiger partial charge in [0.15, 0.2) is 6.10 Å². The number of anilines is 3. The van der Waals surface area contributed by atoms with E-state index in [9.17, 15) is 14.4 Å². The summed E-state index contributed by atoms with van der Waals surface area (Å²) in [4.78, 5) is 46.1. The zero-order chi connectivity index (χ0) is 24.5. The molecule has 3 amide bonds. The summed E-state index contributed by atoms with van der Waals surface area (Å²) in [7, 11) is 0. The second-order valence-corrected chi connectivity index (χ2v) is 8.37. The van der Waals surface area contributed by atoms with Crippen LogP contribution in [0.3, 0.4) is 0 Å². The second kappa shape index (κ2) is 9.23. The van der Waals surface area contributed by atoms with Crippen molar-refractivity contribution < 1.29 is 24.0 Å². The number of imide groups is 1. The van der Waals surface area contributed by atoms with Gasteiger partial charge in [-0.3, -0.25) is 19.2 Å². The van der Waals surface area contributed by atoms with E-state index in [1.165, 1.54) is 11.8 Å². The van der Waals surface area contributed by atoms with Gasteiger partial charge < -0.3 is 10.1 Å². The monoisotopic (exact) mass is 471 g/mol. The molecule has 1 N–H and O–H groups in total. The Kier molecular flexibility index (Phi) is 5.96. The molecular formula is C27H25N3O5. The topological polar surface area (TPSA) is 88.2 Å². The lowest BCUT2D eigenvalue weighted by Crippen LogP contribution is -2.37. The lowest BCUT2D eigenvalue weighted by molar-refractivity contribution is -0.126. The number of fused-ring (bicyclic) bond motifs is 1. The SMILES string of the molecule is CCOc1ccccc1N1C(=O)[C@H]2[C@@H](c3ccc(NC(C)=O)cc3)N(c3ccccc3)O[C@H]2C1=O. The molecule has 8 nitrogen and oxygen atoms in total. The minimum absolute atomic E-state index is 0.173. The van der Waals surface area contributed by atoms with E-state index >= 15 is 0 Å². The van der Waals surface area contributed by atoms with Crippen molar-refractivity contribution in [3.8, 4) is 5.75 Å². The molecule has 5 rings (SSSR count). The van der Waals surface area contributed by atoms with Crippen LogP contribution in [-0.2, 0) is 19.2 Å². The highest BCUT2D eigenvalue weighted by Crippen LogP contribution is 2.48. The molecule has 178 valence electrons. The maximum Gasteiger partial charge on any atom is 0.266 e. The Hall–Kier alpha value is -4.17. The smallest absolute Gasteiger partial charge is 0.266 e. The van der Waals surface area contributed by atoms with E-state index in [4.69, 9.17) is 9.57 Å². The minimum Gasteiger partial charge on any atom is -0.492 e. The number of nitrogens with one attached hydrogen (secondary N) is 1. The highest BCUT2D eigenvalue weighted by molar-refractivity contribution is 6.24. The number of hydrogen-bond acceptors (Lipinski definition) is 6. The third-order valence-corrected chi connectivity index (χ3v) is 6.10. The van der Waals surface area contributed by atoms with Crippen LogP contribution in [0.25, 0.3) is 0 Å². The molecule has 2 aliphatic heterocycles. The molecule has 2 heterocycles. The third-order valence-electron chi connectivity index (χ3n) is 6.10. The molecule has 0 saturated carbocycles. The fourth-order valence-corrected chi connectivity index (χ4v) is 4.68. The Balaban J connectivity index is 1.55. The molecule has 2 fully saturated rings. The van der Waals surface area contributed by atoms with Gasteiger partial charge >= 0.3 is 0 Å². The van der Waals surface area contributed by atoms with Crippen LogP contribution in [0.4, 0.5) is 17.1 Å². The molecule has 2 aliphatic rings. The number of rotatable bonds is 6. The Morgan fingerprint density at radius 3 is 2.31 bits per heavy atom. The Morgan fingerprint density at radius 2 is 1.63 bits per heavy atom. The quantitative estimate of drug-likeness (QED) is 0.545. The predicted octanol–water partition coefficient (Wildman–Crippen LogP) is 4.09. The molecule has 3 aromatic carbocycles. The number of ether oxygens (including phenoxy) is 1. The Bertz CT molecular complexity index is 1260. The molecular weight excluding hydrogens is 446 g/mol. The summed E-state index contributed by atoms with van der Waals surface area (Å²) in [5, 5.41) is 4.39. The van der Waals surface area contributed by atoms with Gasteiger partial charge in [0.1, 0.15) is 11.7 Å². The number of benzene rings is 3. The van der Waals surface area contributed by atoms with Gasteiger partial charge in [0.25, 0.3) is 5.91 Å². The average Bonchev–Trinajstić information content (AvgIpc) is 3.36. The third kappa shape index (κ3) is 4.02. The van der Waals surface area contributed by atoms with Crippen molar-refractivity contribution in [2.75, 3.05) is 21.9 Å². The summed E-state index contributed by atoms with van der Waals surface area (Å²) < 4.78 is 5.68.